The summed E-state index contributed by atoms with van der Waals surface area (Å²) in [7, 11) is 0. The van der Waals surface area contributed by atoms with Crippen LogP contribution in [0.3, 0.4) is 0 Å². The van der Waals surface area contributed by atoms with Crippen LogP contribution in [-0.4, -0.2) is 53.3 Å². The zero-order valence-corrected chi connectivity index (χ0v) is 16.2. The fourth-order valence-corrected chi connectivity index (χ4v) is 4.88. The first-order valence-electron chi connectivity index (χ1n) is 10.6. The number of piperidine rings is 1. The van der Waals surface area contributed by atoms with Gasteiger partial charge in [0.05, 0.1) is 0 Å². The number of likely N-dealkylation sites (tertiary alicyclic amines) is 1. The van der Waals surface area contributed by atoms with Crippen LogP contribution >= 0.6 is 0 Å². The van der Waals surface area contributed by atoms with Crippen molar-refractivity contribution in [1.82, 2.24) is 15.1 Å². The lowest BCUT2D eigenvalue weighted by Gasteiger charge is -2.46. The van der Waals surface area contributed by atoms with E-state index in [4.69, 9.17) is 0 Å². The van der Waals surface area contributed by atoms with Gasteiger partial charge in [0.1, 0.15) is 0 Å². The van der Waals surface area contributed by atoms with E-state index < -0.39 is 0 Å². The maximum atomic E-state index is 13.0. The summed E-state index contributed by atoms with van der Waals surface area (Å²) in [5, 5.41) is 3.70. The van der Waals surface area contributed by atoms with Gasteiger partial charge in [-0.2, -0.15) is 0 Å². The molecule has 3 fully saturated rings. The van der Waals surface area contributed by atoms with Crippen molar-refractivity contribution < 1.29 is 9.59 Å². The summed E-state index contributed by atoms with van der Waals surface area (Å²) in [5.74, 6) is 0.391. The number of benzene rings is 1. The summed E-state index contributed by atoms with van der Waals surface area (Å²) >= 11 is 0. The standard InChI is InChI=1S/C22H31N3O2/c26-20-6-2-5-14-24(20)16-18-7-9-19(10-8-18)21(27)25-15-13-23-22(17-25)11-3-1-4-12-22/h7-10,23H,1-6,11-17H2. The molecule has 27 heavy (non-hydrogen) atoms. The quantitative estimate of drug-likeness (QED) is 0.891. The van der Waals surface area contributed by atoms with Crippen molar-refractivity contribution >= 4 is 11.8 Å². The van der Waals surface area contributed by atoms with E-state index in [0.717, 1.165) is 50.1 Å². The molecule has 0 atom stereocenters. The average Bonchev–Trinajstić information content (AvgIpc) is 2.70. The molecule has 5 nitrogen and oxygen atoms in total. The largest absolute Gasteiger partial charge is 0.338 e. The summed E-state index contributed by atoms with van der Waals surface area (Å²) in [5.41, 5.74) is 2.00. The molecule has 0 radical (unpaired) electrons. The van der Waals surface area contributed by atoms with Gasteiger partial charge in [-0.05, 0) is 43.4 Å². The Morgan fingerprint density at radius 2 is 1.78 bits per heavy atom. The van der Waals surface area contributed by atoms with Crippen LogP contribution in [0.15, 0.2) is 24.3 Å². The molecule has 1 aliphatic carbocycles. The Hall–Kier alpha value is -1.88. The lowest BCUT2D eigenvalue weighted by atomic mass is 9.80. The van der Waals surface area contributed by atoms with Crippen LogP contribution in [0.1, 0.15) is 67.3 Å². The molecule has 1 aromatic rings. The van der Waals surface area contributed by atoms with Crippen molar-refractivity contribution in [1.29, 1.82) is 0 Å². The fourth-order valence-electron chi connectivity index (χ4n) is 4.88. The molecule has 5 heteroatoms. The first-order chi connectivity index (χ1) is 13.2. The second-order valence-corrected chi connectivity index (χ2v) is 8.46. The summed E-state index contributed by atoms with van der Waals surface area (Å²) in [6.45, 7) is 4.01. The highest BCUT2D eigenvalue weighted by Gasteiger charge is 2.37. The van der Waals surface area contributed by atoms with Crippen molar-refractivity contribution in [2.45, 2.75) is 63.5 Å². The van der Waals surface area contributed by atoms with Gasteiger partial charge in [-0.15, -0.1) is 0 Å². The minimum absolute atomic E-state index is 0.140. The SMILES string of the molecule is O=C1CCCCN1Cc1ccc(C(=O)N2CCNC3(CCCCC3)C2)cc1. The number of hydrogen-bond donors (Lipinski definition) is 1. The molecule has 2 aliphatic heterocycles. The van der Waals surface area contributed by atoms with E-state index >= 15 is 0 Å². The number of nitrogens with zero attached hydrogens (tertiary/aromatic N) is 2. The molecule has 0 aromatic heterocycles. The van der Waals surface area contributed by atoms with Gasteiger partial charge in [0.25, 0.3) is 5.91 Å². The summed E-state index contributed by atoms with van der Waals surface area (Å²) in [4.78, 5) is 29.0. The first kappa shape index (κ1) is 18.5. The Bertz CT molecular complexity index is 674. The molecule has 1 saturated carbocycles. The van der Waals surface area contributed by atoms with Crippen LogP contribution in [0, 0.1) is 0 Å². The molecule has 0 unspecified atom stereocenters. The average molecular weight is 370 g/mol. The highest BCUT2D eigenvalue weighted by atomic mass is 16.2. The normalized spacial score (nSPS) is 22.9. The van der Waals surface area contributed by atoms with Crippen molar-refractivity contribution in [3.8, 4) is 0 Å². The number of nitrogens with one attached hydrogen (secondary N) is 1. The van der Waals surface area contributed by atoms with Crippen molar-refractivity contribution in [3.63, 3.8) is 0 Å². The Morgan fingerprint density at radius 1 is 1.00 bits per heavy atom. The van der Waals surface area contributed by atoms with Crippen LogP contribution in [0.2, 0.25) is 0 Å². The Labute approximate surface area is 162 Å². The Kier molecular flexibility index (Phi) is 5.48. The maximum Gasteiger partial charge on any atom is 0.253 e. The summed E-state index contributed by atoms with van der Waals surface area (Å²) in [6.07, 6.45) is 8.97. The minimum atomic E-state index is 0.140. The van der Waals surface area contributed by atoms with Gasteiger partial charge >= 0.3 is 0 Å². The van der Waals surface area contributed by atoms with E-state index in [1.54, 1.807) is 0 Å². The zero-order valence-electron chi connectivity index (χ0n) is 16.2. The van der Waals surface area contributed by atoms with E-state index in [-0.39, 0.29) is 17.4 Å². The molecule has 146 valence electrons. The third kappa shape index (κ3) is 4.18. The lowest BCUT2D eigenvalue weighted by molar-refractivity contribution is -0.133. The van der Waals surface area contributed by atoms with E-state index in [2.05, 4.69) is 5.32 Å². The Morgan fingerprint density at radius 3 is 2.52 bits per heavy atom. The fraction of sp³-hybridized carbons (Fsp3) is 0.636. The van der Waals surface area contributed by atoms with Gasteiger partial charge in [-0.1, -0.05) is 31.4 Å². The van der Waals surface area contributed by atoms with Crippen LogP contribution in [0.4, 0.5) is 0 Å². The number of carbonyl (C=O) groups is 2. The van der Waals surface area contributed by atoms with Crippen LogP contribution < -0.4 is 5.32 Å². The van der Waals surface area contributed by atoms with Crippen molar-refractivity contribution in [3.05, 3.63) is 35.4 Å². The van der Waals surface area contributed by atoms with Crippen LogP contribution in [-0.2, 0) is 11.3 Å². The van der Waals surface area contributed by atoms with Crippen LogP contribution in [0.5, 0.6) is 0 Å². The highest BCUT2D eigenvalue weighted by molar-refractivity contribution is 5.94. The first-order valence-corrected chi connectivity index (χ1v) is 10.6. The van der Waals surface area contributed by atoms with E-state index in [1.165, 1.54) is 32.1 Å². The summed E-state index contributed by atoms with van der Waals surface area (Å²) < 4.78 is 0. The highest BCUT2D eigenvalue weighted by Crippen LogP contribution is 2.31. The summed E-state index contributed by atoms with van der Waals surface area (Å²) in [6, 6.07) is 7.88. The van der Waals surface area contributed by atoms with Crippen LogP contribution in [0.25, 0.3) is 0 Å². The maximum absolute atomic E-state index is 13.0. The number of hydrogen-bond acceptors (Lipinski definition) is 3. The third-order valence-electron chi connectivity index (χ3n) is 6.47. The van der Waals surface area contributed by atoms with Gasteiger partial charge in [0, 0.05) is 50.2 Å². The minimum Gasteiger partial charge on any atom is -0.338 e. The molecule has 0 bridgehead atoms. The second kappa shape index (κ2) is 8.01. The third-order valence-corrected chi connectivity index (χ3v) is 6.47. The number of piperazine rings is 1. The molecule has 2 amide bonds. The lowest BCUT2D eigenvalue weighted by Crippen LogP contribution is -2.62. The monoisotopic (exact) mass is 369 g/mol. The van der Waals surface area contributed by atoms with E-state index in [9.17, 15) is 9.59 Å². The number of amides is 2. The molecule has 1 spiro atoms. The Balaban J connectivity index is 1.39. The molecule has 4 rings (SSSR count). The molecule has 1 aromatic carbocycles. The van der Waals surface area contributed by atoms with Gasteiger partial charge in [0.2, 0.25) is 5.91 Å². The molecular weight excluding hydrogens is 338 g/mol. The topological polar surface area (TPSA) is 52.7 Å². The molecular formula is C22H31N3O2. The van der Waals surface area contributed by atoms with E-state index in [1.807, 2.05) is 34.1 Å². The van der Waals surface area contributed by atoms with Crippen molar-refractivity contribution in [2.75, 3.05) is 26.2 Å². The van der Waals surface area contributed by atoms with Gasteiger partial charge in [0.15, 0.2) is 0 Å². The van der Waals surface area contributed by atoms with Gasteiger partial charge < -0.3 is 15.1 Å². The predicted molar refractivity (Wildman–Crippen MR) is 105 cm³/mol. The number of rotatable bonds is 3. The molecule has 2 saturated heterocycles. The molecule has 2 heterocycles. The smallest absolute Gasteiger partial charge is 0.253 e. The van der Waals surface area contributed by atoms with Gasteiger partial charge in [-0.3, -0.25) is 9.59 Å². The molecule has 1 N–H and O–H groups in total. The zero-order chi connectivity index (χ0) is 18.7. The number of carbonyl (C=O) groups excluding carboxylic acids is 2. The van der Waals surface area contributed by atoms with Crippen molar-refractivity contribution in [2.24, 2.45) is 0 Å². The van der Waals surface area contributed by atoms with Gasteiger partial charge in [-0.25, -0.2) is 0 Å². The van der Waals surface area contributed by atoms with E-state index in [0.29, 0.717) is 13.0 Å². The molecule has 3 aliphatic rings. The second-order valence-electron chi connectivity index (χ2n) is 8.46. The predicted octanol–water partition coefficient (Wildman–Crippen LogP) is 2.95.